The fourth-order valence-electron chi connectivity index (χ4n) is 2.63. The molecule has 4 heteroatoms. The lowest BCUT2D eigenvalue weighted by Gasteiger charge is -2.11. The highest BCUT2D eigenvalue weighted by molar-refractivity contribution is 5.89. The predicted octanol–water partition coefficient (Wildman–Crippen LogP) is 4.67. The summed E-state index contributed by atoms with van der Waals surface area (Å²) in [5.41, 5.74) is 4.25. The molecule has 0 aliphatic heterocycles. The molecule has 2 N–H and O–H groups in total. The van der Waals surface area contributed by atoms with Gasteiger partial charge in [0, 0.05) is 6.54 Å². The standard InChI is InChI=1S/C21H19NO3/c1-25-20-8-3-2-7-19(20)22-14-15-9-11-16(12-10-15)17-5-4-6-18(13-17)21(23)24/h2-13,22H,14H2,1H3,(H,23,24). The Labute approximate surface area is 146 Å². The topological polar surface area (TPSA) is 58.6 Å². The van der Waals surface area contributed by atoms with Crippen LogP contribution in [0.5, 0.6) is 5.75 Å². The summed E-state index contributed by atoms with van der Waals surface area (Å²) in [6, 6.07) is 22.8. The Kier molecular flexibility index (Phi) is 5.00. The van der Waals surface area contributed by atoms with Crippen LogP contribution < -0.4 is 10.1 Å². The molecular formula is C21H19NO3. The second-order valence-corrected chi connectivity index (χ2v) is 5.64. The van der Waals surface area contributed by atoms with Crippen LogP contribution in [-0.4, -0.2) is 18.2 Å². The molecule has 0 unspecified atom stereocenters. The molecule has 0 aliphatic rings. The Balaban J connectivity index is 1.72. The Bertz CT molecular complexity index is 872. The van der Waals surface area contributed by atoms with E-state index in [2.05, 4.69) is 5.32 Å². The number of hydrogen-bond donors (Lipinski definition) is 2. The van der Waals surface area contributed by atoms with Gasteiger partial charge in [0.15, 0.2) is 0 Å². The van der Waals surface area contributed by atoms with E-state index in [1.54, 1.807) is 25.3 Å². The van der Waals surface area contributed by atoms with Crippen molar-refractivity contribution < 1.29 is 14.6 Å². The van der Waals surface area contributed by atoms with Gasteiger partial charge in [-0.2, -0.15) is 0 Å². The van der Waals surface area contributed by atoms with Crippen LogP contribution in [0.25, 0.3) is 11.1 Å². The zero-order valence-corrected chi connectivity index (χ0v) is 13.9. The molecule has 0 radical (unpaired) electrons. The molecule has 0 heterocycles. The van der Waals surface area contributed by atoms with Crippen LogP contribution in [0, 0.1) is 0 Å². The number of hydrogen-bond acceptors (Lipinski definition) is 3. The molecular weight excluding hydrogens is 314 g/mol. The molecule has 0 aliphatic carbocycles. The van der Waals surface area contributed by atoms with Crippen molar-refractivity contribution >= 4 is 11.7 Å². The van der Waals surface area contributed by atoms with Gasteiger partial charge in [-0.15, -0.1) is 0 Å². The van der Waals surface area contributed by atoms with E-state index in [9.17, 15) is 4.79 Å². The predicted molar refractivity (Wildman–Crippen MR) is 99.2 cm³/mol. The van der Waals surface area contributed by atoms with E-state index in [1.807, 2.05) is 54.6 Å². The summed E-state index contributed by atoms with van der Waals surface area (Å²) in [5.74, 6) is -0.107. The minimum absolute atomic E-state index is 0.291. The number of carbonyl (C=O) groups is 1. The quantitative estimate of drug-likeness (QED) is 0.688. The maximum absolute atomic E-state index is 11.1. The number of nitrogens with one attached hydrogen (secondary N) is 1. The summed E-state index contributed by atoms with van der Waals surface area (Å²) in [5, 5.41) is 12.5. The molecule has 0 amide bonds. The molecule has 0 spiro atoms. The number of benzene rings is 3. The first kappa shape index (κ1) is 16.6. The second-order valence-electron chi connectivity index (χ2n) is 5.64. The number of aromatic carboxylic acids is 1. The minimum Gasteiger partial charge on any atom is -0.495 e. The first-order chi connectivity index (χ1) is 12.2. The first-order valence-corrected chi connectivity index (χ1v) is 7.97. The molecule has 0 saturated heterocycles. The van der Waals surface area contributed by atoms with E-state index in [0.717, 1.165) is 28.1 Å². The fourth-order valence-corrected chi connectivity index (χ4v) is 2.63. The van der Waals surface area contributed by atoms with Gasteiger partial charge in [0.2, 0.25) is 0 Å². The van der Waals surface area contributed by atoms with E-state index < -0.39 is 5.97 Å². The van der Waals surface area contributed by atoms with E-state index in [0.29, 0.717) is 12.1 Å². The molecule has 4 nitrogen and oxygen atoms in total. The van der Waals surface area contributed by atoms with Crippen LogP contribution in [0.15, 0.2) is 72.8 Å². The molecule has 0 atom stereocenters. The molecule has 0 fully saturated rings. The molecule has 0 aromatic heterocycles. The molecule has 0 saturated carbocycles. The number of methoxy groups -OCH3 is 1. The van der Waals surface area contributed by atoms with E-state index in [-0.39, 0.29) is 0 Å². The van der Waals surface area contributed by atoms with Crippen molar-refractivity contribution in [1.82, 2.24) is 0 Å². The van der Waals surface area contributed by atoms with Gasteiger partial charge < -0.3 is 15.2 Å². The Hall–Kier alpha value is -3.27. The van der Waals surface area contributed by atoms with Crippen molar-refractivity contribution in [1.29, 1.82) is 0 Å². The lowest BCUT2D eigenvalue weighted by molar-refractivity contribution is 0.0697. The van der Waals surface area contributed by atoms with E-state index >= 15 is 0 Å². The van der Waals surface area contributed by atoms with Gasteiger partial charge in [0.25, 0.3) is 0 Å². The van der Waals surface area contributed by atoms with Crippen LogP contribution in [0.3, 0.4) is 0 Å². The Morgan fingerprint density at radius 1 is 0.960 bits per heavy atom. The second kappa shape index (κ2) is 7.53. The molecule has 25 heavy (non-hydrogen) atoms. The van der Waals surface area contributed by atoms with Crippen molar-refractivity contribution in [3.05, 3.63) is 83.9 Å². The highest BCUT2D eigenvalue weighted by Crippen LogP contribution is 2.25. The largest absolute Gasteiger partial charge is 0.495 e. The number of anilines is 1. The molecule has 0 bridgehead atoms. The Morgan fingerprint density at radius 3 is 2.44 bits per heavy atom. The molecule has 3 rings (SSSR count). The molecule has 3 aromatic rings. The van der Waals surface area contributed by atoms with E-state index in [4.69, 9.17) is 9.84 Å². The lowest BCUT2D eigenvalue weighted by Crippen LogP contribution is -2.01. The number of carboxylic acid groups (broad SMARTS) is 1. The van der Waals surface area contributed by atoms with Crippen molar-refractivity contribution in [3.63, 3.8) is 0 Å². The Morgan fingerprint density at radius 2 is 1.72 bits per heavy atom. The van der Waals surface area contributed by atoms with Crippen LogP contribution in [0.2, 0.25) is 0 Å². The summed E-state index contributed by atoms with van der Waals surface area (Å²) in [4.78, 5) is 11.1. The SMILES string of the molecule is COc1ccccc1NCc1ccc(-c2cccc(C(=O)O)c2)cc1. The summed E-state index contributed by atoms with van der Waals surface area (Å²) in [6.07, 6.45) is 0. The normalized spacial score (nSPS) is 10.3. The summed E-state index contributed by atoms with van der Waals surface area (Å²) in [6.45, 7) is 0.676. The highest BCUT2D eigenvalue weighted by atomic mass is 16.5. The van der Waals surface area contributed by atoms with Crippen molar-refractivity contribution in [2.45, 2.75) is 6.54 Å². The number of ether oxygens (including phenoxy) is 1. The fraction of sp³-hybridized carbons (Fsp3) is 0.0952. The zero-order chi connectivity index (χ0) is 17.6. The number of para-hydroxylation sites is 2. The first-order valence-electron chi connectivity index (χ1n) is 7.97. The third-order valence-electron chi connectivity index (χ3n) is 3.99. The van der Waals surface area contributed by atoms with Gasteiger partial charge >= 0.3 is 5.97 Å². The van der Waals surface area contributed by atoms with Crippen molar-refractivity contribution in [2.75, 3.05) is 12.4 Å². The maximum atomic E-state index is 11.1. The van der Waals surface area contributed by atoms with Gasteiger partial charge in [-0.3, -0.25) is 0 Å². The average molecular weight is 333 g/mol. The number of carboxylic acids is 1. The van der Waals surface area contributed by atoms with Gasteiger partial charge in [-0.1, -0.05) is 48.5 Å². The summed E-state index contributed by atoms with van der Waals surface area (Å²) in [7, 11) is 1.65. The summed E-state index contributed by atoms with van der Waals surface area (Å²) < 4.78 is 5.33. The van der Waals surface area contributed by atoms with Gasteiger partial charge in [-0.05, 0) is 41.0 Å². The van der Waals surface area contributed by atoms with Crippen LogP contribution in [0.1, 0.15) is 15.9 Å². The third kappa shape index (κ3) is 3.98. The van der Waals surface area contributed by atoms with Crippen molar-refractivity contribution in [3.8, 4) is 16.9 Å². The summed E-state index contributed by atoms with van der Waals surface area (Å²) >= 11 is 0. The molecule has 3 aromatic carbocycles. The van der Waals surface area contributed by atoms with Crippen LogP contribution >= 0.6 is 0 Å². The van der Waals surface area contributed by atoms with Crippen molar-refractivity contribution in [2.24, 2.45) is 0 Å². The van der Waals surface area contributed by atoms with Gasteiger partial charge in [0.05, 0.1) is 18.4 Å². The third-order valence-corrected chi connectivity index (χ3v) is 3.99. The lowest BCUT2D eigenvalue weighted by atomic mass is 10.0. The van der Waals surface area contributed by atoms with Crippen LogP contribution in [-0.2, 0) is 6.54 Å². The highest BCUT2D eigenvalue weighted by Gasteiger charge is 2.05. The van der Waals surface area contributed by atoms with Crippen LogP contribution in [0.4, 0.5) is 5.69 Å². The monoisotopic (exact) mass is 333 g/mol. The zero-order valence-electron chi connectivity index (χ0n) is 13.9. The smallest absolute Gasteiger partial charge is 0.335 e. The number of rotatable bonds is 6. The average Bonchev–Trinajstić information content (AvgIpc) is 2.67. The molecule has 126 valence electrons. The maximum Gasteiger partial charge on any atom is 0.335 e. The van der Waals surface area contributed by atoms with Gasteiger partial charge in [-0.25, -0.2) is 4.79 Å². The van der Waals surface area contributed by atoms with Gasteiger partial charge in [0.1, 0.15) is 5.75 Å². The minimum atomic E-state index is -0.917. The van der Waals surface area contributed by atoms with E-state index in [1.165, 1.54) is 0 Å².